The van der Waals surface area contributed by atoms with Crippen molar-refractivity contribution in [1.29, 1.82) is 0 Å². The number of imidazole rings is 1. The van der Waals surface area contributed by atoms with E-state index < -0.39 is 0 Å². The number of anilines is 1. The van der Waals surface area contributed by atoms with Crippen molar-refractivity contribution in [3.63, 3.8) is 0 Å². The van der Waals surface area contributed by atoms with Gasteiger partial charge in [0.25, 0.3) is 5.91 Å². The van der Waals surface area contributed by atoms with E-state index in [-0.39, 0.29) is 5.91 Å². The number of fused-ring (bicyclic) bond motifs is 1. The van der Waals surface area contributed by atoms with Gasteiger partial charge in [-0.15, -0.1) is 0 Å². The maximum atomic E-state index is 13.0. The Morgan fingerprint density at radius 2 is 1.67 bits per heavy atom. The Balaban J connectivity index is 1.55. The molecule has 5 aromatic rings. The first kappa shape index (κ1) is 20.9. The minimum absolute atomic E-state index is 0.192. The molecule has 5 nitrogen and oxygen atoms in total. The van der Waals surface area contributed by atoms with Crippen LogP contribution in [0.4, 0.5) is 5.69 Å². The first-order valence-corrected chi connectivity index (χ1v) is 10.9. The van der Waals surface area contributed by atoms with Crippen LogP contribution in [0.15, 0.2) is 85.3 Å². The standard InChI is InChI=1S/C27H21ClN4O/c1-17-9-11-20(12-10-17)31-27(33)23-14-19(15-29-18(23)2)21-7-5-13-32-25(21)16-30-26(32)22-6-3-4-8-24(22)28/h3-16H,1-2H3,(H,31,33). The predicted molar refractivity (Wildman–Crippen MR) is 133 cm³/mol. The lowest BCUT2D eigenvalue weighted by atomic mass is 10.0. The van der Waals surface area contributed by atoms with Crippen LogP contribution < -0.4 is 5.32 Å². The molecule has 0 fully saturated rings. The second kappa shape index (κ2) is 8.52. The van der Waals surface area contributed by atoms with E-state index in [1.807, 2.05) is 97.4 Å². The molecule has 1 amide bonds. The Morgan fingerprint density at radius 1 is 0.909 bits per heavy atom. The van der Waals surface area contributed by atoms with Gasteiger partial charge in [-0.05, 0) is 50.2 Å². The number of carbonyl (C=O) groups excluding carboxylic acids is 1. The van der Waals surface area contributed by atoms with E-state index >= 15 is 0 Å². The van der Waals surface area contributed by atoms with Crippen molar-refractivity contribution in [2.45, 2.75) is 13.8 Å². The number of rotatable bonds is 4. The summed E-state index contributed by atoms with van der Waals surface area (Å²) in [4.78, 5) is 22.1. The number of nitrogens with zero attached hydrogens (tertiary/aromatic N) is 3. The zero-order chi connectivity index (χ0) is 22.9. The normalized spacial score (nSPS) is 11.0. The summed E-state index contributed by atoms with van der Waals surface area (Å²) in [6, 6.07) is 21.2. The summed E-state index contributed by atoms with van der Waals surface area (Å²) in [5.74, 6) is 0.567. The zero-order valence-corrected chi connectivity index (χ0v) is 19.0. The monoisotopic (exact) mass is 452 g/mol. The molecule has 2 aromatic carbocycles. The van der Waals surface area contributed by atoms with Crippen LogP contribution in [-0.4, -0.2) is 20.3 Å². The minimum atomic E-state index is -0.192. The maximum Gasteiger partial charge on any atom is 0.257 e. The number of nitrogens with one attached hydrogen (secondary N) is 1. The third kappa shape index (κ3) is 3.99. The van der Waals surface area contributed by atoms with Crippen LogP contribution in [0.25, 0.3) is 28.0 Å². The van der Waals surface area contributed by atoms with Gasteiger partial charge in [0.05, 0.1) is 28.0 Å². The molecule has 0 unspecified atom stereocenters. The quantitative estimate of drug-likeness (QED) is 0.334. The molecule has 1 N–H and O–H groups in total. The molecule has 162 valence electrons. The van der Waals surface area contributed by atoms with Crippen molar-refractivity contribution in [1.82, 2.24) is 14.4 Å². The lowest BCUT2D eigenvalue weighted by Gasteiger charge is -2.11. The molecule has 0 aliphatic carbocycles. The van der Waals surface area contributed by atoms with E-state index in [1.54, 1.807) is 6.20 Å². The van der Waals surface area contributed by atoms with E-state index in [0.29, 0.717) is 16.3 Å². The van der Waals surface area contributed by atoms with Crippen molar-refractivity contribution in [2.75, 3.05) is 5.32 Å². The summed E-state index contributed by atoms with van der Waals surface area (Å²) < 4.78 is 2.00. The van der Waals surface area contributed by atoms with Gasteiger partial charge in [0, 0.05) is 34.8 Å². The van der Waals surface area contributed by atoms with Crippen LogP contribution in [0, 0.1) is 13.8 Å². The van der Waals surface area contributed by atoms with Gasteiger partial charge in [-0.25, -0.2) is 4.98 Å². The molecule has 0 bridgehead atoms. The van der Waals surface area contributed by atoms with E-state index in [4.69, 9.17) is 11.6 Å². The molecule has 0 saturated carbocycles. The number of benzene rings is 2. The molecule has 3 aromatic heterocycles. The molecule has 0 saturated heterocycles. The summed E-state index contributed by atoms with van der Waals surface area (Å²) in [5, 5.41) is 3.60. The number of aryl methyl sites for hydroxylation is 2. The molecule has 3 heterocycles. The van der Waals surface area contributed by atoms with E-state index in [0.717, 1.165) is 39.3 Å². The predicted octanol–water partition coefficient (Wildman–Crippen LogP) is 6.59. The number of aromatic nitrogens is 3. The number of hydrogen-bond acceptors (Lipinski definition) is 3. The maximum absolute atomic E-state index is 13.0. The largest absolute Gasteiger partial charge is 0.322 e. The average Bonchev–Trinajstić information content (AvgIpc) is 3.25. The molecule has 0 atom stereocenters. The molecule has 0 spiro atoms. The summed E-state index contributed by atoms with van der Waals surface area (Å²) in [7, 11) is 0. The van der Waals surface area contributed by atoms with Crippen molar-refractivity contribution in [2.24, 2.45) is 0 Å². The second-order valence-corrected chi connectivity index (χ2v) is 8.32. The summed E-state index contributed by atoms with van der Waals surface area (Å²) in [6.07, 6.45) is 5.56. The lowest BCUT2D eigenvalue weighted by Crippen LogP contribution is -2.14. The number of halogens is 1. The van der Waals surface area contributed by atoms with E-state index in [1.165, 1.54) is 0 Å². The SMILES string of the molecule is Cc1ccc(NC(=O)c2cc(-c3cccn4c(-c5ccccc5Cl)ncc34)cnc2C)cc1. The van der Waals surface area contributed by atoms with Crippen molar-refractivity contribution >= 4 is 28.7 Å². The number of pyridine rings is 2. The molecule has 0 aliphatic heterocycles. The van der Waals surface area contributed by atoms with Crippen LogP contribution in [0.2, 0.25) is 5.02 Å². The number of hydrogen-bond donors (Lipinski definition) is 1. The Bertz CT molecular complexity index is 1490. The fourth-order valence-corrected chi connectivity index (χ4v) is 4.07. The van der Waals surface area contributed by atoms with Crippen LogP contribution in [-0.2, 0) is 0 Å². The van der Waals surface area contributed by atoms with Crippen molar-refractivity contribution in [3.8, 4) is 22.5 Å². The van der Waals surface area contributed by atoms with Crippen molar-refractivity contribution < 1.29 is 4.79 Å². The van der Waals surface area contributed by atoms with Gasteiger partial charge >= 0.3 is 0 Å². The number of amides is 1. The molecule has 33 heavy (non-hydrogen) atoms. The first-order valence-electron chi connectivity index (χ1n) is 10.6. The highest BCUT2D eigenvalue weighted by Gasteiger charge is 2.16. The minimum Gasteiger partial charge on any atom is -0.322 e. The fourth-order valence-electron chi connectivity index (χ4n) is 3.85. The number of carbonyl (C=O) groups is 1. The molecule has 0 radical (unpaired) electrons. The van der Waals surface area contributed by atoms with Crippen LogP contribution in [0.3, 0.4) is 0 Å². The van der Waals surface area contributed by atoms with Crippen LogP contribution >= 0.6 is 11.6 Å². The first-order chi connectivity index (χ1) is 16.0. The van der Waals surface area contributed by atoms with Crippen LogP contribution in [0.5, 0.6) is 0 Å². The summed E-state index contributed by atoms with van der Waals surface area (Å²) in [6.45, 7) is 3.85. The van der Waals surface area contributed by atoms with Crippen molar-refractivity contribution in [3.05, 3.63) is 107 Å². The zero-order valence-electron chi connectivity index (χ0n) is 18.2. The lowest BCUT2D eigenvalue weighted by molar-refractivity contribution is 0.102. The van der Waals surface area contributed by atoms with Gasteiger partial charge in [0.2, 0.25) is 0 Å². The Morgan fingerprint density at radius 3 is 2.45 bits per heavy atom. The van der Waals surface area contributed by atoms with E-state index in [9.17, 15) is 4.79 Å². The third-order valence-corrected chi connectivity index (χ3v) is 5.97. The summed E-state index contributed by atoms with van der Waals surface area (Å²) in [5.41, 5.74) is 6.61. The van der Waals surface area contributed by atoms with Gasteiger partial charge in [-0.1, -0.05) is 47.5 Å². The van der Waals surface area contributed by atoms with E-state index in [2.05, 4.69) is 15.3 Å². The summed E-state index contributed by atoms with van der Waals surface area (Å²) >= 11 is 6.41. The Labute approximate surface area is 196 Å². The van der Waals surface area contributed by atoms with Gasteiger partial charge < -0.3 is 5.32 Å². The highest BCUT2D eigenvalue weighted by molar-refractivity contribution is 6.33. The topological polar surface area (TPSA) is 59.3 Å². The average molecular weight is 453 g/mol. The highest BCUT2D eigenvalue weighted by Crippen LogP contribution is 2.31. The van der Waals surface area contributed by atoms with Gasteiger partial charge in [-0.2, -0.15) is 0 Å². The fraction of sp³-hybridized carbons (Fsp3) is 0.0741. The molecular formula is C27H21ClN4O. The highest BCUT2D eigenvalue weighted by atomic mass is 35.5. The van der Waals surface area contributed by atoms with Gasteiger partial charge in [-0.3, -0.25) is 14.2 Å². The molecule has 0 aliphatic rings. The van der Waals surface area contributed by atoms with Crippen LogP contribution in [0.1, 0.15) is 21.6 Å². The molecule has 5 rings (SSSR count). The van der Waals surface area contributed by atoms with Gasteiger partial charge in [0.1, 0.15) is 5.82 Å². The Hall–Kier alpha value is -3.96. The third-order valence-electron chi connectivity index (χ3n) is 5.64. The smallest absolute Gasteiger partial charge is 0.257 e. The molecular weight excluding hydrogens is 432 g/mol. The Kier molecular flexibility index (Phi) is 5.40. The van der Waals surface area contributed by atoms with Gasteiger partial charge in [0.15, 0.2) is 0 Å². The second-order valence-electron chi connectivity index (χ2n) is 7.92. The molecule has 6 heteroatoms.